The van der Waals surface area contributed by atoms with Crippen LogP contribution in [0, 0.1) is 5.92 Å². The van der Waals surface area contributed by atoms with Gasteiger partial charge in [0.2, 0.25) is 0 Å². The Kier molecular flexibility index (Phi) is 7.39. The van der Waals surface area contributed by atoms with Gasteiger partial charge in [-0.05, 0) is 24.1 Å². The summed E-state index contributed by atoms with van der Waals surface area (Å²) in [5, 5.41) is 3.18. The topological polar surface area (TPSA) is 72.5 Å². The van der Waals surface area contributed by atoms with Crippen LogP contribution in [0.5, 0.6) is 0 Å². The van der Waals surface area contributed by atoms with Crippen molar-refractivity contribution in [1.29, 1.82) is 0 Å². The zero-order chi connectivity index (χ0) is 20.0. The second-order valence-corrected chi connectivity index (χ2v) is 7.06. The van der Waals surface area contributed by atoms with Gasteiger partial charge in [-0.3, -0.25) is 9.59 Å². The van der Waals surface area contributed by atoms with Crippen molar-refractivity contribution in [2.75, 3.05) is 6.61 Å². The maximum Gasteiger partial charge on any atom is 0.329 e. The minimum Gasteiger partial charge on any atom is -0.456 e. The van der Waals surface area contributed by atoms with E-state index in [2.05, 4.69) is 5.32 Å². The Morgan fingerprint density at radius 3 is 2.30 bits per heavy atom. The fourth-order valence-electron chi connectivity index (χ4n) is 2.32. The number of nitrogens with one attached hydrogen (secondary N) is 1. The van der Waals surface area contributed by atoms with Gasteiger partial charge in [-0.25, -0.2) is 4.79 Å². The monoisotopic (exact) mass is 407 g/mol. The number of benzene rings is 2. The number of ketones is 1. The molecule has 0 bridgehead atoms. The largest absolute Gasteiger partial charge is 0.456 e. The van der Waals surface area contributed by atoms with Crippen LogP contribution in [-0.4, -0.2) is 30.3 Å². The van der Waals surface area contributed by atoms with E-state index in [4.69, 9.17) is 27.9 Å². The summed E-state index contributed by atoms with van der Waals surface area (Å²) in [6.45, 7) is 3.12. The van der Waals surface area contributed by atoms with Crippen molar-refractivity contribution in [3.63, 3.8) is 0 Å². The van der Waals surface area contributed by atoms with E-state index in [0.29, 0.717) is 10.6 Å². The zero-order valence-corrected chi connectivity index (χ0v) is 16.4. The van der Waals surface area contributed by atoms with Crippen molar-refractivity contribution in [3.05, 3.63) is 69.7 Å². The minimum absolute atomic E-state index is 0.176. The smallest absolute Gasteiger partial charge is 0.329 e. The second-order valence-electron chi connectivity index (χ2n) is 6.22. The van der Waals surface area contributed by atoms with Crippen LogP contribution in [0.25, 0.3) is 0 Å². The molecule has 1 amide bonds. The van der Waals surface area contributed by atoms with E-state index in [9.17, 15) is 14.4 Å². The van der Waals surface area contributed by atoms with Crippen LogP contribution in [0.2, 0.25) is 10.0 Å². The molecule has 0 aliphatic heterocycles. The first-order chi connectivity index (χ1) is 12.8. The maximum absolute atomic E-state index is 12.4. The van der Waals surface area contributed by atoms with Crippen molar-refractivity contribution < 1.29 is 19.1 Å². The number of carbonyl (C=O) groups is 3. The molecule has 2 aromatic carbocycles. The van der Waals surface area contributed by atoms with Gasteiger partial charge in [-0.2, -0.15) is 0 Å². The Labute approximate surface area is 167 Å². The molecular weight excluding hydrogens is 389 g/mol. The fourth-order valence-corrected chi connectivity index (χ4v) is 2.82. The lowest BCUT2D eigenvalue weighted by molar-refractivity contribution is -0.145. The van der Waals surface area contributed by atoms with Gasteiger partial charge in [-0.15, -0.1) is 0 Å². The van der Waals surface area contributed by atoms with Gasteiger partial charge in [-0.1, -0.05) is 67.4 Å². The van der Waals surface area contributed by atoms with Gasteiger partial charge in [0.05, 0.1) is 10.6 Å². The molecule has 0 aromatic heterocycles. The molecule has 5 nitrogen and oxygen atoms in total. The average molecular weight is 408 g/mol. The predicted molar refractivity (Wildman–Crippen MR) is 104 cm³/mol. The molecule has 0 aliphatic rings. The third-order valence-corrected chi connectivity index (χ3v) is 4.37. The lowest BCUT2D eigenvalue weighted by atomic mass is 10.0. The zero-order valence-electron chi connectivity index (χ0n) is 14.9. The maximum atomic E-state index is 12.4. The van der Waals surface area contributed by atoms with E-state index in [1.807, 2.05) is 0 Å². The minimum atomic E-state index is -0.923. The number of amides is 1. The average Bonchev–Trinajstić information content (AvgIpc) is 2.64. The van der Waals surface area contributed by atoms with E-state index < -0.39 is 24.5 Å². The van der Waals surface area contributed by atoms with Crippen molar-refractivity contribution in [2.45, 2.75) is 19.9 Å². The fraction of sp³-hybridized carbons (Fsp3) is 0.250. The summed E-state index contributed by atoms with van der Waals surface area (Å²) < 4.78 is 5.11. The molecular formula is C20H19Cl2NO4. The summed E-state index contributed by atoms with van der Waals surface area (Å²) in [5.74, 6) is -1.78. The molecule has 142 valence electrons. The van der Waals surface area contributed by atoms with E-state index >= 15 is 0 Å². The van der Waals surface area contributed by atoms with E-state index in [1.54, 1.807) is 44.2 Å². The predicted octanol–water partition coefficient (Wildman–Crippen LogP) is 4.17. The highest BCUT2D eigenvalue weighted by molar-refractivity contribution is 6.36. The Morgan fingerprint density at radius 2 is 1.70 bits per heavy atom. The van der Waals surface area contributed by atoms with Gasteiger partial charge in [0.25, 0.3) is 5.91 Å². The molecule has 2 aromatic rings. The molecule has 1 N–H and O–H groups in total. The molecule has 2 rings (SSSR count). The molecule has 0 fully saturated rings. The van der Waals surface area contributed by atoms with Crippen LogP contribution in [0.3, 0.4) is 0 Å². The lowest BCUT2D eigenvalue weighted by Crippen LogP contribution is -2.45. The molecule has 7 heteroatoms. The van der Waals surface area contributed by atoms with Gasteiger partial charge < -0.3 is 10.1 Å². The molecule has 0 saturated heterocycles. The summed E-state index contributed by atoms with van der Waals surface area (Å²) in [7, 11) is 0. The quantitative estimate of drug-likeness (QED) is 0.551. The Morgan fingerprint density at radius 1 is 1.04 bits per heavy atom. The number of hydrogen-bond donors (Lipinski definition) is 1. The highest BCUT2D eigenvalue weighted by atomic mass is 35.5. The van der Waals surface area contributed by atoms with Crippen LogP contribution in [-0.2, 0) is 9.53 Å². The third kappa shape index (κ3) is 5.81. The van der Waals surface area contributed by atoms with Gasteiger partial charge in [0.1, 0.15) is 6.04 Å². The van der Waals surface area contributed by atoms with Crippen molar-refractivity contribution in [3.8, 4) is 0 Å². The summed E-state index contributed by atoms with van der Waals surface area (Å²) in [6, 6.07) is 12.0. The Hall–Kier alpha value is -2.37. The number of hydrogen-bond acceptors (Lipinski definition) is 4. The van der Waals surface area contributed by atoms with Gasteiger partial charge in [0.15, 0.2) is 12.4 Å². The van der Waals surface area contributed by atoms with E-state index in [-0.39, 0.29) is 22.3 Å². The molecule has 0 radical (unpaired) electrons. The summed E-state index contributed by atoms with van der Waals surface area (Å²) in [6.07, 6.45) is 0. The number of carbonyl (C=O) groups excluding carboxylic acids is 3. The second kappa shape index (κ2) is 9.53. The number of esters is 1. The number of rotatable bonds is 7. The summed E-state index contributed by atoms with van der Waals surface area (Å²) in [4.78, 5) is 36.9. The first kappa shape index (κ1) is 20.9. The lowest BCUT2D eigenvalue weighted by Gasteiger charge is -2.21. The molecule has 0 spiro atoms. The molecule has 0 aliphatic carbocycles. The van der Waals surface area contributed by atoms with E-state index in [0.717, 1.165) is 0 Å². The first-order valence-electron chi connectivity index (χ1n) is 8.30. The molecule has 0 unspecified atom stereocenters. The highest BCUT2D eigenvalue weighted by Gasteiger charge is 2.27. The van der Waals surface area contributed by atoms with Crippen molar-refractivity contribution in [2.24, 2.45) is 5.92 Å². The first-order valence-corrected chi connectivity index (χ1v) is 9.06. The molecule has 27 heavy (non-hydrogen) atoms. The van der Waals surface area contributed by atoms with Crippen LogP contribution in [0.1, 0.15) is 34.6 Å². The Balaban J connectivity index is 2.02. The molecule has 0 heterocycles. The number of Topliss-reactive ketones (excluding diaryl/α,β-unsaturated/α-hetero) is 1. The number of halogens is 2. The SMILES string of the molecule is CC(C)[C@H](NC(=O)c1ccc(Cl)cc1Cl)C(=O)OCC(=O)c1ccccc1. The summed E-state index contributed by atoms with van der Waals surface area (Å²) >= 11 is 11.9. The third-order valence-electron chi connectivity index (χ3n) is 3.82. The van der Waals surface area contributed by atoms with E-state index in [1.165, 1.54) is 18.2 Å². The normalized spacial score (nSPS) is 11.7. The molecule has 1 atom stereocenters. The number of ether oxygens (including phenoxy) is 1. The summed E-state index contributed by atoms with van der Waals surface area (Å²) in [5.41, 5.74) is 0.642. The highest BCUT2D eigenvalue weighted by Crippen LogP contribution is 2.21. The van der Waals surface area contributed by atoms with Crippen molar-refractivity contribution in [1.82, 2.24) is 5.32 Å². The van der Waals surface area contributed by atoms with Crippen LogP contribution in [0.4, 0.5) is 0 Å². The van der Waals surface area contributed by atoms with Crippen molar-refractivity contribution >= 4 is 40.9 Å². The molecule has 0 saturated carbocycles. The Bertz CT molecular complexity index is 837. The standard InChI is InChI=1S/C20H19Cl2NO4/c1-12(2)18(23-19(25)15-9-8-14(21)10-16(15)22)20(26)27-11-17(24)13-6-4-3-5-7-13/h3-10,12,18H,11H2,1-2H3,(H,23,25)/t18-/m0/s1. The van der Waals surface area contributed by atoms with Gasteiger partial charge in [0, 0.05) is 10.6 Å². The van der Waals surface area contributed by atoms with Crippen LogP contribution in [0.15, 0.2) is 48.5 Å². The van der Waals surface area contributed by atoms with Crippen LogP contribution < -0.4 is 5.32 Å². The van der Waals surface area contributed by atoms with Crippen LogP contribution >= 0.6 is 23.2 Å². The van der Waals surface area contributed by atoms with Gasteiger partial charge >= 0.3 is 5.97 Å².